The second kappa shape index (κ2) is 8.48. The fraction of sp³-hybridized carbons (Fsp3) is 0.571. The molecule has 19 heavy (non-hydrogen) atoms. The Kier molecular flexibility index (Phi) is 6.89. The van der Waals surface area contributed by atoms with Crippen LogP contribution in [-0.4, -0.2) is 42.5 Å². The molecule has 0 fully saturated rings. The Bertz CT molecular complexity index is 395. The average Bonchev–Trinajstić information content (AvgIpc) is 2.39. The van der Waals surface area contributed by atoms with Gasteiger partial charge in [0.25, 0.3) is 0 Å². The minimum absolute atomic E-state index is 0.0678. The molecule has 2 N–H and O–H groups in total. The zero-order valence-corrected chi connectivity index (χ0v) is 12.1. The summed E-state index contributed by atoms with van der Waals surface area (Å²) in [7, 11) is 1.94. The molecule has 5 nitrogen and oxygen atoms in total. The fourth-order valence-corrected chi connectivity index (χ4v) is 1.80. The molecule has 0 aliphatic rings. The van der Waals surface area contributed by atoms with Crippen molar-refractivity contribution in [1.29, 1.82) is 0 Å². The first-order valence-corrected chi connectivity index (χ1v) is 6.80. The van der Waals surface area contributed by atoms with Gasteiger partial charge in [-0.05, 0) is 26.5 Å². The maximum atomic E-state index is 11.6. The highest BCUT2D eigenvalue weighted by Crippen LogP contribution is 2.12. The number of rotatable bonds is 8. The molecule has 0 radical (unpaired) electrons. The maximum absolute atomic E-state index is 11.6. The van der Waals surface area contributed by atoms with Gasteiger partial charge in [-0.1, -0.05) is 13.0 Å². The van der Waals surface area contributed by atoms with Gasteiger partial charge in [-0.2, -0.15) is 0 Å². The molecule has 0 aliphatic carbocycles. The number of carbonyl (C=O) groups is 1. The van der Waals surface area contributed by atoms with Crippen LogP contribution in [0.2, 0.25) is 0 Å². The molecule has 1 heterocycles. The van der Waals surface area contributed by atoms with Crippen molar-refractivity contribution in [2.45, 2.75) is 26.8 Å². The van der Waals surface area contributed by atoms with Crippen LogP contribution in [0.4, 0.5) is 5.82 Å². The summed E-state index contributed by atoms with van der Waals surface area (Å²) in [6, 6.07) is 3.95. The number of pyridine rings is 1. The molecule has 1 aromatic rings. The van der Waals surface area contributed by atoms with Crippen molar-refractivity contribution in [1.82, 2.24) is 15.2 Å². The number of aromatic nitrogens is 1. The Labute approximate surface area is 115 Å². The van der Waals surface area contributed by atoms with Crippen molar-refractivity contribution in [2.75, 3.05) is 32.0 Å². The first-order chi connectivity index (χ1) is 9.17. The molecule has 0 atom stereocenters. The first-order valence-electron chi connectivity index (χ1n) is 6.80. The second-order valence-corrected chi connectivity index (χ2v) is 4.56. The number of hydrogen-bond donors (Lipinski definition) is 2. The van der Waals surface area contributed by atoms with Crippen LogP contribution in [0.25, 0.3) is 0 Å². The van der Waals surface area contributed by atoms with Crippen LogP contribution < -0.4 is 10.6 Å². The van der Waals surface area contributed by atoms with E-state index in [-0.39, 0.29) is 5.91 Å². The summed E-state index contributed by atoms with van der Waals surface area (Å²) < 4.78 is 0. The van der Waals surface area contributed by atoms with E-state index in [2.05, 4.69) is 15.6 Å². The fourth-order valence-electron chi connectivity index (χ4n) is 1.80. The summed E-state index contributed by atoms with van der Waals surface area (Å²) in [5.74, 6) is 0.962. The normalized spacial score (nSPS) is 10.5. The van der Waals surface area contributed by atoms with Crippen molar-refractivity contribution in [3.8, 4) is 0 Å². The Hall–Kier alpha value is -1.62. The predicted octanol–water partition coefficient (Wildman–Crippen LogP) is 1.47. The SMILES string of the molecule is CCCNC(=O)CN(C)Cc1cccnc1NCC. The largest absolute Gasteiger partial charge is 0.370 e. The van der Waals surface area contributed by atoms with Gasteiger partial charge in [0.15, 0.2) is 0 Å². The van der Waals surface area contributed by atoms with E-state index in [4.69, 9.17) is 0 Å². The molecule has 1 amide bonds. The van der Waals surface area contributed by atoms with Gasteiger partial charge in [0.05, 0.1) is 6.54 Å². The van der Waals surface area contributed by atoms with E-state index in [1.807, 2.05) is 37.9 Å². The molecule has 0 spiro atoms. The molecular formula is C14H24N4O. The molecule has 106 valence electrons. The summed E-state index contributed by atoms with van der Waals surface area (Å²) >= 11 is 0. The number of likely N-dealkylation sites (N-methyl/N-ethyl adjacent to an activating group) is 1. The number of nitrogens with one attached hydrogen (secondary N) is 2. The lowest BCUT2D eigenvalue weighted by atomic mass is 10.2. The highest BCUT2D eigenvalue weighted by molar-refractivity contribution is 5.77. The summed E-state index contributed by atoms with van der Waals surface area (Å²) in [5.41, 5.74) is 1.11. The monoisotopic (exact) mass is 264 g/mol. The van der Waals surface area contributed by atoms with E-state index in [9.17, 15) is 4.79 Å². The van der Waals surface area contributed by atoms with Crippen molar-refractivity contribution >= 4 is 11.7 Å². The van der Waals surface area contributed by atoms with E-state index in [1.165, 1.54) is 0 Å². The van der Waals surface area contributed by atoms with E-state index in [0.29, 0.717) is 13.1 Å². The number of carbonyl (C=O) groups excluding carboxylic acids is 1. The van der Waals surface area contributed by atoms with E-state index in [0.717, 1.165) is 30.9 Å². The van der Waals surface area contributed by atoms with Crippen molar-refractivity contribution in [3.05, 3.63) is 23.9 Å². The van der Waals surface area contributed by atoms with E-state index < -0.39 is 0 Å². The predicted molar refractivity (Wildman–Crippen MR) is 78.0 cm³/mol. The van der Waals surface area contributed by atoms with Gasteiger partial charge in [-0.25, -0.2) is 4.98 Å². The lowest BCUT2D eigenvalue weighted by Gasteiger charge is -2.18. The quantitative estimate of drug-likeness (QED) is 0.746. The van der Waals surface area contributed by atoms with Crippen LogP contribution in [-0.2, 0) is 11.3 Å². The molecule has 0 aliphatic heterocycles. The topological polar surface area (TPSA) is 57.3 Å². The highest BCUT2D eigenvalue weighted by atomic mass is 16.2. The van der Waals surface area contributed by atoms with Crippen molar-refractivity contribution in [3.63, 3.8) is 0 Å². The van der Waals surface area contributed by atoms with E-state index >= 15 is 0 Å². The summed E-state index contributed by atoms with van der Waals surface area (Å²) in [4.78, 5) is 17.9. The zero-order valence-electron chi connectivity index (χ0n) is 12.1. The van der Waals surface area contributed by atoms with Crippen LogP contribution in [0, 0.1) is 0 Å². The van der Waals surface area contributed by atoms with Crippen molar-refractivity contribution < 1.29 is 4.79 Å². The summed E-state index contributed by atoms with van der Waals surface area (Å²) in [6.07, 6.45) is 2.73. The van der Waals surface area contributed by atoms with Crippen LogP contribution in [0.1, 0.15) is 25.8 Å². The lowest BCUT2D eigenvalue weighted by Crippen LogP contribution is -2.35. The molecule has 0 aromatic carbocycles. The number of nitrogens with zero attached hydrogens (tertiary/aromatic N) is 2. The van der Waals surface area contributed by atoms with E-state index in [1.54, 1.807) is 6.20 Å². The molecule has 1 aromatic heterocycles. The van der Waals surface area contributed by atoms with Gasteiger partial charge in [0, 0.05) is 31.4 Å². The van der Waals surface area contributed by atoms with Gasteiger partial charge < -0.3 is 10.6 Å². The van der Waals surface area contributed by atoms with Crippen molar-refractivity contribution in [2.24, 2.45) is 0 Å². The van der Waals surface area contributed by atoms with Crippen LogP contribution in [0.3, 0.4) is 0 Å². The van der Waals surface area contributed by atoms with Crippen LogP contribution in [0.5, 0.6) is 0 Å². The molecule has 0 bridgehead atoms. The Morgan fingerprint density at radius 3 is 2.89 bits per heavy atom. The molecule has 0 saturated heterocycles. The summed E-state index contributed by atoms with van der Waals surface area (Å²) in [6.45, 7) is 6.77. The lowest BCUT2D eigenvalue weighted by molar-refractivity contribution is -0.122. The third-order valence-electron chi connectivity index (χ3n) is 2.66. The Balaban J connectivity index is 2.51. The smallest absolute Gasteiger partial charge is 0.234 e. The Morgan fingerprint density at radius 2 is 2.21 bits per heavy atom. The Morgan fingerprint density at radius 1 is 1.42 bits per heavy atom. The maximum Gasteiger partial charge on any atom is 0.234 e. The zero-order chi connectivity index (χ0) is 14.1. The third kappa shape index (κ3) is 5.70. The summed E-state index contributed by atoms with van der Waals surface area (Å²) in [5, 5.41) is 6.11. The van der Waals surface area contributed by atoms with Gasteiger partial charge >= 0.3 is 0 Å². The average molecular weight is 264 g/mol. The molecule has 5 heteroatoms. The number of amides is 1. The first kappa shape index (κ1) is 15.4. The third-order valence-corrected chi connectivity index (χ3v) is 2.66. The molecular weight excluding hydrogens is 240 g/mol. The second-order valence-electron chi connectivity index (χ2n) is 4.56. The minimum atomic E-state index is 0.0678. The molecule has 1 rings (SSSR count). The highest BCUT2D eigenvalue weighted by Gasteiger charge is 2.09. The molecule has 0 unspecified atom stereocenters. The van der Waals surface area contributed by atoms with Gasteiger partial charge in [0.2, 0.25) is 5.91 Å². The standard InChI is InChI=1S/C14H24N4O/c1-4-8-16-13(19)11-18(3)10-12-7-6-9-17-14(12)15-5-2/h6-7,9H,4-5,8,10-11H2,1-3H3,(H,15,17)(H,16,19). The van der Waals surface area contributed by atoms with Gasteiger partial charge in [0.1, 0.15) is 5.82 Å². The van der Waals surface area contributed by atoms with Crippen LogP contribution in [0.15, 0.2) is 18.3 Å². The van der Waals surface area contributed by atoms with Crippen LogP contribution >= 0.6 is 0 Å². The molecule has 0 saturated carbocycles. The number of anilines is 1. The number of hydrogen-bond acceptors (Lipinski definition) is 4. The van der Waals surface area contributed by atoms with Gasteiger partial charge in [-0.15, -0.1) is 0 Å². The minimum Gasteiger partial charge on any atom is -0.370 e. The van der Waals surface area contributed by atoms with Gasteiger partial charge in [-0.3, -0.25) is 9.69 Å².